The Morgan fingerprint density at radius 3 is 2.47 bits per heavy atom. The quantitative estimate of drug-likeness (QED) is 0.703. The van der Waals surface area contributed by atoms with E-state index in [2.05, 4.69) is 30.8 Å². The Morgan fingerprint density at radius 2 is 2.06 bits per heavy atom. The van der Waals surface area contributed by atoms with Gasteiger partial charge in [-0.05, 0) is 25.3 Å². The SMILES string of the molecule is CCC(=O)/C(N=C1C(C)CCN1C)=C(\C)CC. The van der Waals surface area contributed by atoms with E-state index in [1.165, 1.54) is 0 Å². The Hall–Kier alpha value is -1.12. The van der Waals surface area contributed by atoms with Gasteiger partial charge >= 0.3 is 0 Å². The molecule has 0 aromatic rings. The Kier molecular flexibility index (Phi) is 4.91. The third kappa shape index (κ3) is 3.18. The summed E-state index contributed by atoms with van der Waals surface area (Å²) in [7, 11) is 2.05. The molecule has 0 saturated carbocycles. The first-order chi connectivity index (χ1) is 8.01. The number of hydrogen-bond acceptors (Lipinski definition) is 2. The van der Waals surface area contributed by atoms with Gasteiger partial charge in [-0.1, -0.05) is 20.8 Å². The van der Waals surface area contributed by atoms with Crippen molar-refractivity contribution in [3.63, 3.8) is 0 Å². The van der Waals surface area contributed by atoms with Crippen molar-refractivity contribution in [1.82, 2.24) is 4.90 Å². The van der Waals surface area contributed by atoms with Gasteiger partial charge in [0.15, 0.2) is 5.78 Å². The molecule has 1 aliphatic rings. The van der Waals surface area contributed by atoms with E-state index in [1.54, 1.807) is 0 Å². The predicted molar refractivity (Wildman–Crippen MR) is 72.1 cm³/mol. The van der Waals surface area contributed by atoms with Crippen LogP contribution in [-0.4, -0.2) is 30.1 Å². The molecule has 0 aliphatic carbocycles. The van der Waals surface area contributed by atoms with Crippen LogP contribution in [0.5, 0.6) is 0 Å². The molecule has 0 aromatic carbocycles. The van der Waals surface area contributed by atoms with Crippen molar-refractivity contribution in [1.29, 1.82) is 0 Å². The monoisotopic (exact) mass is 236 g/mol. The molecule has 0 radical (unpaired) electrons. The number of carbonyl (C=O) groups is 1. The summed E-state index contributed by atoms with van der Waals surface area (Å²) in [6, 6.07) is 0. The molecule has 0 amide bonds. The molecule has 1 rings (SSSR count). The van der Waals surface area contributed by atoms with Gasteiger partial charge in [-0.3, -0.25) is 4.79 Å². The summed E-state index contributed by atoms with van der Waals surface area (Å²) in [6.45, 7) is 9.19. The fourth-order valence-electron chi connectivity index (χ4n) is 2.05. The Bertz CT molecular complexity index is 343. The van der Waals surface area contributed by atoms with E-state index in [4.69, 9.17) is 0 Å². The standard InChI is InChI=1S/C14H24N2O/c1-6-10(3)13(12(17)7-2)15-14-11(4)8-9-16(14)5/h11H,6-9H2,1-5H3/b13-10-,15-14?. The van der Waals surface area contributed by atoms with E-state index < -0.39 is 0 Å². The number of rotatable bonds is 4. The molecular weight excluding hydrogens is 212 g/mol. The van der Waals surface area contributed by atoms with Crippen LogP contribution in [0.15, 0.2) is 16.3 Å². The second-order valence-corrected chi connectivity index (χ2v) is 4.84. The van der Waals surface area contributed by atoms with Crippen molar-refractivity contribution >= 4 is 11.6 Å². The molecule has 1 unspecified atom stereocenters. The van der Waals surface area contributed by atoms with E-state index in [9.17, 15) is 4.79 Å². The van der Waals surface area contributed by atoms with Gasteiger partial charge in [0.25, 0.3) is 0 Å². The molecule has 0 aromatic heterocycles. The van der Waals surface area contributed by atoms with Crippen LogP contribution in [0.1, 0.15) is 47.0 Å². The Labute approximate surface area is 105 Å². The first-order valence-corrected chi connectivity index (χ1v) is 6.53. The summed E-state index contributed by atoms with van der Waals surface area (Å²) < 4.78 is 0. The fourth-order valence-corrected chi connectivity index (χ4v) is 2.05. The highest BCUT2D eigenvalue weighted by molar-refractivity contribution is 5.99. The second-order valence-electron chi connectivity index (χ2n) is 4.84. The number of carbonyl (C=O) groups excluding carboxylic acids is 1. The number of amidine groups is 1. The maximum atomic E-state index is 11.9. The van der Waals surface area contributed by atoms with E-state index in [0.29, 0.717) is 18.0 Å². The van der Waals surface area contributed by atoms with Gasteiger partial charge in [0.1, 0.15) is 11.5 Å². The zero-order valence-corrected chi connectivity index (χ0v) is 11.7. The molecule has 1 atom stereocenters. The Balaban J connectivity index is 3.09. The smallest absolute Gasteiger partial charge is 0.180 e. The number of ketones is 1. The minimum Gasteiger partial charge on any atom is -0.363 e. The third-order valence-corrected chi connectivity index (χ3v) is 3.48. The van der Waals surface area contributed by atoms with E-state index in [0.717, 1.165) is 30.8 Å². The molecule has 0 spiro atoms. The van der Waals surface area contributed by atoms with Gasteiger partial charge in [0.2, 0.25) is 0 Å². The highest BCUT2D eigenvalue weighted by Gasteiger charge is 2.24. The highest BCUT2D eigenvalue weighted by Crippen LogP contribution is 2.21. The van der Waals surface area contributed by atoms with Crippen molar-refractivity contribution < 1.29 is 4.79 Å². The second kappa shape index (κ2) is 5.99. The largest absolute Gasteiger partial charge is 0.363 e. The van der Waals surface area contributed by atoms with Crippen LogP contribution in [0.25, 0.3) is 0 Å². The molecule has 3 nitrogen and oxygen atoms in total. The van der Waals surface area contributed by atoms with Crippen molar-refractivity contribution in [2.24, 2.45) is 10.9 Å². The molecule has 1 aliphatic heterocycles. The number of hydrogen-bond donors (Lipinski definition) is 0. The van der Waals surface area contributed by atoms with Crippen LogP contribution in [0.3, 0.4) is 0 Å². The Morgan fingerprint density at radius 1 is 1.41 bits per heavy atom. The predicted octanol–water partition coefficient (Wildman–Crippen LogP) is 3.02. The lowest BCUT2D eigenvalue weighted by Crippen LogP contribution is -2.23. The minimum atomic E-state index is 0.157. The summed E-state index contributed by atoms with van der Waals surface area (Å²) in [4.78, 5) is 18.7. The van der Waals surface area contributed by atoms with Crippen LogP contribution in [0.4, 0.5) is 0 Å². The number of nitrogens with zero attached hydrogens (tertiary/aromatic N) is 2. The van der Waals surface area contributed by atoms with Crippen LogP contribution in [-0.2, 0) is 4.79 Å². The summed E-state index contributed by atoms with van der Waals surface area (Å²) in [5.74, 6) is 1.68. The minimum absolute atomic E-state index is 0.157. The number of allylic oxidation sites excluding steroid dienone is 2. The van der Waals surface area contributed by atoms with Crippen molar-refractivity contribution in [3.8, 4) is 0 Å². The molecule has 1 saturated heterocycles. The molecule has 96 valence electrons. The normalized spacial score (nSPS) is 24.2. The lowest BCUT2D eigenvalue weighted by atomic mass is 10.1. The molecule has 3 heteroatoms. The maximum Gasteiger partial charge on any atom is 0.180 e. The molecule has 0 N–H and O–H groups in total. The van der Waals surface area contributed by atoms with Crippen molar-refractivity contribution in [2.75, 3.05) is 13.6 Å². The topological polar surface area (TPSA) is 32.7 Å². The van der Waals surface area contributed by atoms with Gasteiger partial charge in [-0.2, -0.15) is 0 Å². The molecule has 0 bridgehead atoms. The average molecular weight is 236 g/mol. The van der Waals surface area contributed by atoms with Gasteiger partial charge in [0.05, 0.1) is 0 Å². The van der Waals surface area contributed by atoms with Gasteiger partial charge in [0, 0.05) is 25.9 Å². The third-order valence-electron chi connectivity index (χ3n) is 3.48. The van der Waals surface area contributed by atoms with Crippen molar-refractivity contribution in [2.45, 2.75) is 47.0 Å². The molecule has 1 heterocycles. The number of aliphatic imine (C=N–C) groups is 1. The van der Waals surface area contributed by atoms with Crippen LogP contribution >= 0.6 is 0 Å². The first-order valence-electron chi connectivity index (χ1n) is 6.53. The van der Waals surface area contributed by atoms with E-state index in [-0.39, 0.29) is 5.78 Å². The zero-order chi connectivity index (χ0) is 13.0. The zero-order valence-electron chi connectivity index (χ0n) is 11.7. The summed E-state index contributed by atoms with van der Waals surface area (Å²) in [5.41, 5.74) is 1.78. The van der Waals surface area contributed by atoms with Crippen molar-refractivity contribution in [3.05, 3.63) is 11.3 Å². The molecule has 1 fully saturated rings. The maximum absolute atomic E-state index is 11.9. The highest BCUT2D eigenvalue weighted by atomic mass is 16.1. The summed E-state index contributed by atoms with van der Waals surface area (Å²) >= 11 is 0. The van der Waals surface area contributed by atoms with E-state index in [1.807, 2.05) is 13.8 Å². The lowest BCUT2D eigenvalue weighted by molar-refractivity contribution is -0.115. The molecular formula is C14H24N2O. The van der Waals surface area contributed by atoms with Crippen LogP contribution in [0, 0.1) is 5.92 Å². The number of likely N-dealkylation sites (tertiary alicyclic amines) is 1. The van der Waals surface area contributed by atoms with Gasteiger partial charge in [-0.25, -0.2) is 4.99 Å². The fraction of sp³-hybridized carbons (Fsp3) is 0.714. The first kappa shape index (κ1) is 13.9. The molecule has 17 heavy (non-hydrogen) atoms. The van der Waals surface area contributed by atoms with Crippen LogP contribution < -0.4 is 0 Å². The van der Waals surface area contributed by atoms with E-state index >= 15 is 0 Å². The van der Waals surface area contributed by atoms with Gasteiger partial charge < -0.3 is 4.90 Å². The van der Waals surface area contributed by atoms with Crippen LogP contribution in [0.2, 0.25) is 0 Å². The summed E-state index contributed by atoms with van der Waals surface area (Å²) in [6.07, 6.45) is 2.55. The average Bonchev–Trinajstić information content (AvgIpc) is 2.64. The van der Waals surface area contributed by atoms with Gasteiger partial charge in [-0.15, -0.1) is 0 Å². The summed E-state index contributed by atoms with van der Waals surface area (Å²) in [5, 5.41) is 0. The number of Topliss-reactive ketones (excluding diaryl/α,β-unsaturated/α-hetero) is 1. The lowest BCUT2D eigenvalue weighted by Gasteiger charge is -2.15.